The maximum absolute atomic E-state index is 12.5. The smallest absolute Gasteiger partial charge is 0.251 e. The van der Waals surface area contributed by atoms with E-state index in [1.54, 1.807) is 24.3 Å². The normalized spacial score (nSPS) is 11.6. The van der Waals surface area contributed by atoms with Gasteiger partial charge in [-0.3, -0.25) is 9.59 Å². The number of carbonyl (C=O) groups is 1. The second kappa shape index (κ2) is 6.45. The van der Waals surface area contributed by atoms with Gasteiger partial charge in [0.1, 0.15) is 11.3 Å². The fourth-order valence-electron chi connectivity index (χ4n) is 2.95. The number of rotatable bonds is 2. The zero-order valence-electron chi connectivity index (χ0n) is 15.8. The van der Waals surface area contributed by atoms with Crippen molar-refractivity contribution < 1.29 is 9.21 Å². The van der Waals surface area contributed by atoms with Gasteiger partial charge in [0.25, 0.3) is 5.91 Å². The number of hydrogen-bond acceptors (Lipinski definition) is 3. The summed E-state index contributed by atoms with van der Waals surface area (Å²) in [7, 11) is 0. The topological polar surface area (TPSA) is 59.3 Å². The average Bonchev–Trinajstić information content (AvgIpc) is 2.54. The van der Waals surface area contributed by atoms with Gasteiger partial charge in [0.05, 0.1) is 5.39 Å². The molecule has 0 aliphatic heterocycles. The number of fused-ring (bicyclic) bond motifs is 1. The minimum absolute atomic E-state index is 0.0670. The molecule has 4 nitrogen and oxygen atoms in total. The maximum Gasteiger partial charge on any atom is 0.251 e. The van der Waals surface area contributed by atoms with Crippen molar-refractivity contribution in [2.45, 2.75) is 40.2 Å². The van der Waals surface area contributed by atoms with Crippen molar-refractivity contribution in [1.29, 1.82) is 0 Å². The van der Waals surface area contributed by atoms with Crippen LogP contribution in [0.4, 0.5) is 0 Å². The molecule has 0 radical (unpaired) electrons. The Kier molecular flexibility index (Phi) is 4.45. The van der Waals surface area contributed by atoms with Gasteiger partial charge < -0.3 is 9.73 Å². The Hall–Kier alpha value is -2.88. The monoisotopic (exact) mass is 349 g/mol. The molecular weight excluding hydrogens is 326 g/mol. The molecule has 1 N–H and O–H groups in total. The second-order valence-electron chi connectivity index (χ2n) is 7.71. The van der Waals surface area contributed by atoms with Crippen LogP contribution >= 0.6 is 0 Å². The van der Waals surface area contributed by atoms with Gasteiger partial charge in [-0.15, -0.1) is 0 Å². The standard InChI is InChI=1S/C22H23NO3/c1-13-10-14(2)20-17(11-13)18(24)12-19(26-20)15-6-8-16(9-7-15)21(25)23-22(3,4)5/h6-12H,1-5H3,(H,23,25). The van der Waals surface area contributed by atoms with E-state index in [2.05, 4.69) is 5.32 Å². The number of nitrogens with one attached hydrogen (secondary N) is 1. The first-order valence-electron chi connectivity index (χ1n) is 8.62. The predicted molar refractivity (Wildman–Crippen MR) is 105 cm³/mol. The number of hydrogen-bond donors (Lipinski definition) is 1. The highest BCUT2D eigenvalue weighted by molar-refractivity contribution is 5.95. The van der Waals surface area contributed by atoms with Crippen molar-refractivity contribution in [3.8, 4) is 11.3 Å². The van der Waals surface area contributed by atoms with Crippen LogP contribution < -0.4 is 10.7 Å². The van der Waals surface area contributed by atoms with Gasteiger partial charge in [-0.1, -0.05) is 18.2 Å². The molecule has 0 atom stereocenters. The van der Waals surface area contributed by atoms with Crippen LogP contribution in [0.25, 0.3) is 22.3 Å². The Balaban J connectivity index is 2.00. The molecule has 2 aromatic carbocycles. The lowest BCUT2D eigenvalue weighted by molar-refractivity contribution is 0.0919. The fourth-order valence-corrected chi connectivity index (χ4v) is 2.95. The summed E-state index contributed by atoms with van der Waals surface area (Å²) in [5.41, 5.74) is 3.53. The van der Waals surface area contributed by atoms with E-state index < -0.39 is 0 Å². The van der Waals surface area contributed by atoms with E-state index in [0.29, 0.717) is 22.3 Å². The van der Waals surface area contributed by atoms with Crippen molar-refractivity contribution in [1.82, 2.24) is 5.32 Å². The van der Waals surface area contributed by atoms with Crippen molar-refractivity contribution in [2.75, 3.05) is 0 Å². The Morgan fingerprint density at radius 1 is 1.00 bits per heavy atom. The van der Waals surface area contributed by atoms with E-state index in [0.717, 1.165) is 16.7 Å². The quantitative estimate of drug-likeness (QED) is 0.735. The summed E-state index contributed by atoms with van der Waals surface area (Å²) in [4.78, 5) is 24.7. The number of aryl methyl sites for hydroxylation is 2. The van der Waals surface area contributed by atoms with Gasteiger partial charge in [-0.25, -0.2) is 0 Å². The predicted octanol–water partition coefficient (Wildman–Crippen LogP) is 4.61. The zero-order chi connectivity index (χ0) is 19.1. The summed E-state index contributed by atoms with van der Waals surface area (Å²) in [6.45, 7) is 9.70. The average molecular weight is 349 g/mol. The number of benzene rings is 2. The van der Waals surface area contributed by atoms with Gasteiger partial charge in [0, 0.05) is 22.7 Å². The molecule has 0 bridgehead atoms. The molecule has 0 saturated heterocycles. The van der Waals surface area contributed by atoms with Crippen LogP contribution in [0.5, 0.6) is 0 Å². The molecule has 0 saturated carbocycles. The van der Waals surface area contributed by atoms with E-state index in [1.165, 1.54) is 6.07 Å². The largest absolute Gasteiger partial charge is 0.456 e. The van der Waals surface area contributed by atoms with Crippen molar-refractivity contribution in [3.05, 3.63) is 69.4 Å². The molecule has 0 aliphatic carbocycles. The molecule has 1 amide bonds. The maximum atomic E-state index is 12.5. The third-order valence-corrected chi connectivity index (χ3v) is 4.08. The lowest BCUT2D eigenvalue weighted by Gasteiger charge is -2.20. The number of carbonyl (C=O) groups excluding carboxylic acids is 1. The second-order valence-corrected chi connectivity index (χ2v) is 7.71. The summed E-state index contributed by atoms with van der Waals surface area (Å²) in [5, 5.41) is 3.52. The molecule has 3 aromatic rings. The fraction of sp³-hybridized carbons (Fsp3) is 0.273. The molecule has 1 aromatic heterocycles. The lowest BCUT2D eigenvalue weighted by Crippen LogP contribution is -2.40. The Bertz CT molecular complexity index is 1040. The highest BCUT2D eigenvalue weighted by atomic mass is 16.3. The Morgan fingerprint density at radius 3 is 2.27 bits per heavy atom. The van der Waals surface area contributed by atoms with Gasteiger partial charge in [0.2, 0.25) is 0 Å². The summed E-state index contributed by atoms with van der Waals surface area (Å²) >= 11 is 0. The van der Waals surface area contributed by atoms with E-state index >= 15 is 0 Å². The van der Waals surface area contributed by atoms with Crippen molar-refractivity contribution >= 4 is 16.9 Å². The number of amides is 1. The van der Waals surface area contributed by atoms with Crippen LogP contribution in [0.15, 0.2) is 51.7 Å². The van der Waals surface area contributed by atoms with E-state index in [1.807, 2.05) is 46.8 Å². The molecule has 0 fully saturated rings. The summed E-state index contributed by atoms with van der Waals surface area (Å²) in [6, 6.07) is 12.4. The van der Waals surface area contributed by atoms with E-state index in [4.69, 9.17) is 4.42 Å². The molecule has 0 spiro atoms. The lowest BCUT2D eigenvalue weighted by atomic mass is 10.0. The third-order valence-electron chi connectivity index (χ3n) is 4.08. The molecule has 4 heteroatoms. The van der Waals surface area contributed by atoms with Crippen LogP contribution in [0.1, 0.15) is 42.3 Å². The first-order valence-corrected chi connectivity index (χ1v) is 8.62. The SMILES string of the molecule is Cc1cc(C)c2oc(-c3ccc(C(=O)NC(C)(C)C)cc3)cc(=O)c2c1. The summed E-state index contributed by atoms with van der Waals surface area (Å²) in [6.07, 6.45) is 0. The molecule has 0 aliphatic rings. The van der Waals surface area contributed by atoms with E-state index in [-0.39, 0.29) is 16.9 Å². The van der Waals surface area contributed by atoms with Crippen LogP contribution in [0, 0.1) is 13.8 Å². The first kappa shape index (κ1) is 17.9. The van der Waals surface area contributed by atoms with Gasteiger partial charge >= 0.3 is 0 Å². The van der Waals surface area contributed by atoms with Gasteiger partial charge in [-0.2, -0.15) is 0 Å². The Labute approximate surface area is 152 Å². The molecule has 26 heavy (non-hydrogen) atoms. The van der Waals surface area contributed by atoms with E-state index in [9.17, 15) is 9.59 Å². The molecular formula is C22H23NO3. The molecule has 1 heterocycles. The van der Waals surface area contributed by atoms with Gasteiger partial charge in [-0.05, 0) is 63.9 Å². The highest BCUT2D eigenvalue weighted by Crippen LogP contribution is 2.25. The van der Waals surface area contributed by atoms with Gasteiger partial charge in [0.15, 0.2) is 5.43 Å². The minimum Gasteiger partial charge on any atom is -0.456 e. The molecule has 134 valence electrons. The van der Waals surface area contributed by atoms with Crippen LogP contribution in [0.3, 0.4) is 0 Å². The summed E-state index contributed by atoms with van der Waals surface area (Å²) in [5.74, 6) is 0.368. The molecule has 3 rings (SSSR count). The Morgan fingerprint density at radius 2 is 1.65 bits per heavy atom. The van der Waals surface area contributed by atoms with Crippen molar-refractivity contribution in [2.24, 2.45) is 0 Å². The zero-order valence-corrected chi connectivity index (χ0v) is 15.8. The highest BCUT2D eigenvalue weighted by Gasteiger charge is 2.16. The van der Waals surface area contributed by atoms with Crippen LogP contribution in [0.2, 0.25) is 0 Å². The first-order chi connectivity index (χ1) is 12.1. The molecule has 0 unspecified atom stereocenters. The van der Waals surface area contributed by atoms with Crippen molar-refractivity contribution in [3.63, 3.8) is 0 Å². The van der Waals surface area contributed by atoms with Crippen LogP contribution in [-0.2, 0) is 0 Å². The third kappa shape index (κ3) is 3.69. The minimum atomic E-state index is -0.295. The summed E-state index contributed by atoms with van der Waals surface area (Å²) < 4.78 is 5.99. The van der Waals surface area contributed by atoms with Crippen LogP contribution in [-0.4, -0.2) is 11.4 Å².